The lowest BCUT2D eigenvalue weighted by Gasteiger charge is -2.20. The van der Waals surface area contributed by atoms with Crippen molar-refractivity contribution in [1.29, 1.82) is 0 Å². The van der Waals surface area contributed by atoms with E-state index in [-0.39, 0.29) is 5.91 Å². The van der Waals surface area contributed by atoms with Gasteiger partial charge in [0, 0.05) is 13.1 Å². The van der Waals surface area contributed by atoms with Gasteiger partial charge in [0.1, 0.15) is 0 Å². The van der Waals surface area contributed by atoms with Gasteiger partial charge in [-0.1, -0.05) is 43.3 Å². The molecule has 3 rings (SSSR count). The summed E-state index contributed by atoms with van der Waals surface area (Å²) in [5, 5.41) is 3.05. The number of para-hydroxylation sites is 2. The molecule has 1 fully saturated rings. The van der Waals surface area contributed by atoms with E-state index in [4.69, 9.17) is 9.47 Å². The predicted molar refractivity (Wildman–Crippen MR) is 111 cm³/mol. The summed E-state index contributed by atoms with van der Waals surface area (Å²) in [4.78, 5) is 15.2. The Morgan fingerprint density at radius 2 is 1.68 bits per heavy atom. The van der Waals surface area contributed by atoms with Crippen LogP contribution in [0.2, 0.25) is 0 Å². The lowest BCUT2D eigenvalue weighted by molar-refractivity contribution is -0.128. The first-order valence-electron chi connectivity index (χ1n) is 10.1. The standard InChI is InChI=1S/C23H30N2O3/c1-3-20(28-22-13-7-6-12-21(22)27-2)23(26)24-16-18-10-4-5-11-19(18)17-25-14-8-9-15-25/h4-7,10-13,20H,3,8-9,14-17H2,1-2H3,(H,24,26)/t20-/m0/s1. The van der Waals surface area contributed by atoms with Crippen LogP contribution in [0.3, 0.4) is 0 Å². The summed E-state index contributed by atoms with van der Waals surface area (Å²) in [6.07, 6.45) is 2.58. The van der Waals surface area contributed by atoms with Gasteiger partial charge < -0.3 is 14.8 Å². The molecule has 0 aromatic heterocycles. The number of ether oxygens (including phenoxy) is 2. The first kappa shape index (κ1) is 20.2. The number of amides is 1. The maximum Gasteiger partial charge on any atom is 0.261 e. The van der Waals surface area contributed by atoms with Crippen molar-refractivity contribution in [3.63, 3.8) is 0 Å². The van der Waals surface area contributed by atoms with Crippen molar-refractivity contribution in [2.24, 2.45) is 0 Å². The van der Waals surface area contributed by atoms with Crippen LogP contribution in [0.1, 0.15) is 37.3 Å². The van der Waals surface area contributed by atoms with Gasteiger partial charge >= 0.3 is 0 Å². The molecule has 0 bridgehead atoms. The minimum Gasteiger partial charge on any atom is -0.493 e. The third-order valence-corrected chi connectivity index (χ3v) is 5.17. The summed E-state index contributed by atoms with van der Waals surface area (Å²) in [5.41, 5.74) is 2.44. The largest absolute Gasteiger partial charge is 0.493 e. The number of methoxy groups -OCH3 is 1. The SMILES string of the molecule is CC[C@H](Oc1ccccc1OC)C(=O)NCc1ccccc1CN1CCCC1. The van der Waals surface area contributed by atoms with E-state index in [0.717, 1.165) is 25.2 Å². The summed E-state index contributed by atoms with van der Waals surface area (Å²) in [7, 11) is 1.60. The molecule has 2 aromatic rings. The minimum atomic E-state index is -0.554. The molecule has 1 N–H and O–H groups in total. The maximum atomic E-state index is 12.7. The Kier molecular flexibility index (Phi) is 7.31. The summed E-state index contributed by atoms with van der Waals surface area (Å²) >= 11 is 0. The normalized spacial score (nSPS) is 15.2. The molecule has 28 heavy (non-hydrogen) atoms. The zero-order chi connectivity index (χ0) is 19.8. The van der Waals surface area contributed by atoms with E-state index in [1.165, 1.54) is 18.4 Å². The molecule has 1 atom stereocenters. The number of hydrogen-bond donors (Lipinski definition) is 1. The van der Waals surface area contributed by atoms with Gasteiger partial charge in [-0.25, -0.2) is 0 Å². The lowest BCUT2D eigenvalue weighted by Crippen LogP contribution is -2.38. The van der Waals surface area contributed by atoms with Crippen LogP contribution in [-0.2, 0) is 17.9 Å². The number of carbonyl (C=O) groups excluding carboxylic acids is 1. The molecule has 1 aliphatic rings. The van der Waals surface area contributed by atoms with Gasteiger partial charge in [-0.05, 0) is 55.6 Å². The topological polar surface area (TPSA) is 50.8 Å². The highest BCUT2D eigenvalue weighted by atomic mass is 16.5. The minimum absolute atomic E-state index is 0.107. The van der Waals surface area contributed by atoms with Crippen LogP contribution in [0.15, 0.2) is 48.5 Å². The van der Waals surface area contributed by atoms with Crippen molar-refractivity contribution < 1.29 is 14.3 Å². The predicted octanol–water partition coefficient (Wildman–Crippen LogP) is 3.76. The van der Waals surface area contributed by atoms with Crippen molar-refractivity contribution in [2.45, 2.75) is 45.4 Å². The van der Waals surface area contributed by atoms with Crippen LogP contribution in [0.25, 0.3) is 0 Å². The molecule has 0 unspecified atom stereocenters. The fourth-order valence-electron chi connectivity index (χ4n) is 3.55. The van der Waals surface area contributed by atoms with E-state index in [9.17, 15) is 4.79 Å². The second-order valence-electron chi connectivity index (χ2n) is 7.14. The fraction of sp³-hybridized carbons (Fsp3) is 0.435. The Labute approximate surface area is 167 Å². The molecule has 0 radical (unpaired) electrons. The van der Waals surface area contributed by atoms with Crippen LogP contribution < -0.4 is 14.8 Å². The highest BCUT2D eigenvalue weighted by Crippen LogP contribution is 2.27. The number of likely N-dealkylation sites (tertiary alicyclic amines) is 1. The molecule has 0 spiro atoms. The van der Waals surface area contributed by atoms with Crippen molar-refractivity contribution in [3.8, 4) is 11.5 Å². The first-order chi connectivity index (χ1) is 13.7. The Balaban J connectivity index is 1.61. The molecule has 5 heteroatoms. The van der Waals surface area contributed by atoms with E-state index in [1.54, 1.807) is 7.11 Å². The Morgan fingerprint density at radius 1 is 1.04 bits per heavy atom. The van der Waals surface area contributed by atoms with Gasteiger partial charge in [0.25, 0.3) is 5.91 Å². The molecule has 0 aliphatic carbocycles. The van der Waals surface area contributed by atoms with E-state index in [2.05, 4.69) is 28.4 Å². The number of nitrogens with zero attached hydrogens (tertiary/aromatic N) is 1. The molecule has 0 saturated carbocycles. The second kappa shape index (κ2) is 10.1. The highest BCUT2D eigenvalue weighted by Gasteiger charge is 2.20. The number of nitrogens with one attached hydrogen (secondary N) is 1. The molecule has 5 nitrogen and oxygen atoms in total. The van der Waals surface area contributed by atoms with Gasteiger partial charge in [-0.15, -0.1) is 0 Å². The molecule has 2 aromatic carbocycles. The van der Waals surface area contributed by atoms with Crippen LogP contribution in [0.4, 0.5) is 0 Å². The molecular weight excluding hydrogens is 352 g/mol. The Morgan fingerprint density at radius 3 is 2.36 bits per heavy atom. The molecule has 1 saturated heterocycles. The van der Waals surface area contributed by atoms with Crippen LogP contribution in [0, 0.1) is 0 Å². The molecule has 1 aliphatic heterocycles. The number of hydrogen-bond acceptors (Lipinski definition) is 4. The van der Waals surface area contributed by atoms with Gasteiger partial charge in [0.2, 0.25) is 0 Å². The number of carbonyl (C=O) groups is 1. The first-order valence-corrected chi connectivity index (χ1v) is 10.1. The summed E-state index contributed by atoms with van der Waals surface area (Å²) in [5.74, 6) is 1.11. The summed E-state index contributed by atoms with van der Waals surface area (Å²) in [6, 6.07) is 15.7. The summed E-state index contributed by atoms with van der Waals surface area (Å²) in [6.45, 7) is 5.72. The lowest BCUT2D eigenvalue weighted by atomic mass is 10.1. The fourth-order valence-corrected chi connectivity index (χ4v) is 3.55. The average Bonchev–Trinajstić information content (AvgIpc) is 3.24. The van der Waals surface area contributed by atoms with Gasteiger partial charge in [-0.3, -0.25) is 9.69 Å². The van der Waals surface area contributed by atoms with E-state index in [0.29, 0.717) is 24.5 Å². The molecule has 1 amide bonds. The third kappa shape index (κ3) is 5.26. The van der Waals surface area contributed by atoms with Gasteiger partial charge in [-0.2, -0.15) is 0 Å². The van der Waals surface area contributed by atoms with Crippen molar-refractivity contribution >= 4 is 5.91 Å². The summed E-state index contributed by atoms with van der Waals surface area (Å²) < 4.78 is 11.2. The molecular formula is C23H30N2O3. The van der Waals surface area contributed by atoms with Crippen LogP contribution in [-0.4, -0.2) is 37.1 Å². The third-order valence-electron chi connectivity index (χ3n) is 5.17. The van der Waals surface area contributed by atoms with E-state index in [1.807, 2.05) is 37.3 Å². The molecule has 1 heterocycles. The van der Waals surface area contributed by atoms with E-state index < -0.39 is 6.10 Å². The number of benzene rings is 2. The van der Waals surface area contributed by atoms with Crippen molar-refractivity contribution in [2.75, 3.05) is 20.2 Å². The Hall–Kier alpha value is -2.53. The van der Waals surface area contributed by atoms with Crippen molar-refractivity contribution in [3.05, 3.63) is 59.7 Å². The highest BCUT2D eigenvalue weighted by molar-refractivity contribution is 5.81. The monoisotopic (exact) mass is 382 g/mol. The van der Waals surface area contributed by atoms with Crippen LogP contribution >= 0.6 is 0 Å². The number of rotatable bonds is 9. The smallest absolute Gasteiger partial charge is 0.261 e. The Bertz CT molecular complexity index is 772. The van der Waals surface area contributed by atoms with Gasteiger partial charge in [0.15, 0.2) is 17.6 Å². The maximum absolute atomic E-state index is 12.7. The van der Waals surface area contributed by atoms with E-state index >= 15 is 0 Å². The quantitative estimate of drug-likeness (QED) is 0.717. The zero-order valence-electron chi connectivity index (χ0n) is 16.8. The van der Waals surface area contributed by atoms with Gasteiger partial charge in [0.05, 0.1) is 7.11 Å². The second-order valence-corrected chi connectivity index (χ2v) is 7.14. The molecule has 150 valence electrons. The average molecular weight is 383 g/mol. The zero-order valence-corrected chi connectivity index (χ0v) is 16.8. The van der Waals surface area contributed by atoms with Crippen molar-refractivity contribution in [1.82, 2.24) is 10.2 Å². The van der Waals surface area contributed by atoms with Crippen LogP contribution in [0.5, 0.6) is 11.5 Å².